The Hall–Kier alpha value is -3.25. The fraction of sp³-hybridized carbons (Fsp3) is 0.150. The van der Waals surface area contributed by atoms with Crippen molar-refractivity contribution < 1.29 is 18.7 Å². The van der Waals surface area contributed by atoms with Crippen LogP contribution < -0.4 is 20.1 Å². The first-order valence-corrected chi connectivity index (χ1v) is 8.31. The smallest absolute Gasteiger partial charge is 0.238 e. The summed E-state index contributed by atoms with van der Waals surface area (Å²) in [5, 5.41) is 6.11. The molecule has 0 unspecified atom stereocenters. The lowest BCUT2D eigenvalue weighted by atomic mass is 10.0. The number of rotatable bonds is 6. The minimum atomic E-state index is -0.200. The average Bonchev–Trinajstić information content (AvgIpc) is 3.34. The topological polar surface area (TPSA) is 72.7 Å². The number of amides is 1. The lowest BCUT2D eigenvalue weighted by Crippen LogP contribution is -2.31. The van der Waals surface area contributed by atoms with Gasteiger partial charge in [-0.2, -0.15) is 0 Å². The van der Waals surface area contributed by atoms with E-state index in [2.05, 4.69) is 10.6 Å². The highest BCUT2D eigenvalue weighted by atomic mass is 16.7. The van der Waals surface area contributed by atoms with E-state index >= 15 is 0 Å². The van der Waals surface area contributed by atoms with Gasteiger partial charge in [-0.3, -0.25) is 10.1 Å². The molecule has 1 atom stereocenters. The van der Waals surface area contributed by atoms with E-state index in [4.69, 9.17) is 13.9 Å². The van der Waals surface area contributed by atoms with E-state index in [0.29, 0.717) is 17.2 Å². The summed E-state index contributed by atoms with van der Waals surface area (Å²) in [6, 6.07) is 18.7. The van der Waals surface area contributed by atoms with Gasteiger partial charge in [-0.05, 0) is 29.8 Å². The number of anilines is 1. The van der Waals surface area contributed by atoms with Gasteiger partial charge in [0.2, 0.25) is 12.7 Å². The normalized spacial score (nSPS) is 13.4. The Balaban J connectivity index is 1.42. The van der Waals surface area contributed by atoms with Crippen molar-refractivity contribution in [2.75, 3.05) is 18.7 Å². The Kier molecular flexibility index (Phi) is 4.57. The summed E-state index contributed by atoms with van der Waals surface area (Å²) in [5.74, 6) is 1.92. The fourth-order valence-corrected chi connectivity index (χ4v) is 2.86. The zero-order valence-electron chi connectivity index (χ0n) is 14.0. The van der Waals surface area contributed by atoms with Crippen molar-refractivity contribution in [2.24, 2.45) is 0 Å². The van der Waals surface area contributed by atoms with Crippen LogP contribution in [0.2, 0.25) is 0 Å². The SMILES string of the molecule is O=C(CN[C@@H](c1ccccc1)c1ccco1)Nc1ccc2c(c1)OCO2. The third-order valence-corrected chi connectivity index (χ3v) is 4.08. The molecular formula is C20H18N2O4. The van der Waals surface area contributed by atoms with Gasteiger partial charge < -0.3 is 19.2 Å². The van der Waals surface area contributed by atoms with E-state index < -0.39 is 0 Å². The summed E-state index contributed by atoms with van der Waals surface area (Å²) in [5.41, 5.74) is 1.69. The number of carbonyl (C=O) groups excluding carboxylic acids is 1. The van der Waals surface area contributed by atoms with Gasteiger partial charge in [0.15, 0.2) is 11.5 Å². The fourth-order valence-electron chi connectivity index (χ4n) is 2.86. The summed E-state index contributed by atoms with van der Waals surface area (Å²) in [7, 11) is 0. The van der Waals surface area contributed by atoms with Gasteiger partial charge in [0, 0.05) is 11.8 Å². The van der Waals surface area contributed by atoms with Crippen molar-refractivity contribution in [3.05, 3.63) is 78.3 Å². The van der Waals surface area contributed by atoms with E-state index in [0.717, 1.165) is 11.3 Å². The predicted molar refractivity (Wildman–Crippen MR) is 96.2 cm³/mol. The Morgan fingerprint density at radius 2 is 1.85 bits per heavy atom. The maximum absolute atomic E-state index is 12.3. The molecular weight excluding hydrogens is 332 g/mol. The Bertz CT molecular complexity index is 878. The number of furan rings is 1. The maximum atomic E-state index is 12.3. The van der Waals surface area contributed by atoms with Crippen molar-refractivity contribution in [3.8, 4) is 11.5 Å². The quantitative estimate of drug-likeness (QED) is 0.713. The minimum absolute atomic E-state index is 0.134. The number of benzene rings is 2. The molecule has 1 amide bonds. The van der Waals surface area contributed by atoms with Crippen LogP contribution in [0.15, 0.2) is 71.3 Å². The molecule has 0 saturated carbocycles. The third-order valence-electron chi connectivity index (χ3n) is 4.08. The van der Waals surface area contributed by atoms with Crippen LogP contribution >= 0.6 is 0 Å². The summed E-state index contributed by atoms with van der Waals surface area (Å²) < 4.78 is 16.1. The second kappa shape index (κ2) is 7.33. The second-order valence-electron chi connectivity index (χ2n) is 5.86. The molecule has 132 valence electrons. The summed E-state index contributed by atoms with van der Waals surface area (Å²) in [6.45, 7) is 0.338. The van der Waals surface area contributed by atoms with Gasteiger partial charge in [0.25, 0.3) is 0 Å². The van der Waals surface area contributed by atoms with Crippen molar-refractivity contribution >= 4 is 11.6 Å². The van der Waals surface area contributed by atoms with Crippen molar-refractivity contribution in [1.82, 2.24) is 5.32 Å². The standard InChI is InChI=1S/C20H18N2O4/c23-19(22-15-8-9-16-18(11-15)26-13-25-16)12-21-20(17-7-4-10-24-17)14-5-2-1-3-6-14/h1-11,20-21H,12-13H2,(H,22,23)/t20-/m0/s1. The average molecular weight is 350 g/mol. The lowest BCUT2D eigenvalue weighted by molar-refractivity contribution is -0.115. The molecule has 2 aromatic carbocycles. The number of ether oxygens (including phenoxy) is 2. The molecule has 3 aromatic rings. The van der Waals surface area contributed by atoms with E-state index in [1.54, 1.807) is 24.5 Å². The number of carbonyl (C=O) groups is 1. The minimum Gasteiger partial charge on any atom is -0.467 e. The summed E-state index contributed by atoms with van der Waals surface area (Å²) >= 11 is 0. The van der Waals surface area contributed by atoms with Crippen LogP contribution in [0.1, 0.15) is 17.4 Å². The lowest BCUT2D eigenvalue weighted by Gasteiger charge is -2.17. The molecule has 0 radical (unpaired) electrons. The van der Waals surface area contributed by atoms with Crippen molar-refractivity contribution in [3.63, 3.8) is 0 Å². The van der Waals surface area contributed by atoms with E-state index in [1.165, 1.54) is 0 Å². The molecule has 2 heterocycles. The van der Waals surface area contributed by atoms with Crippen LogP contribution in [0.25, 0.3) is 0 Å². The Morgan fingerprint density at radius 3 is 2.65 bits per heavy atom. The second-order valence-corrected chi connectivity index (χ2v) is 5.86. The van der Waals surface area contributed by atoms with Crippen LogP contribution in [0.4, 0.5) is 5.69 Å². The molecule has 4 rings (SSSR count). The molecule has 2 N–H and O–H groups in total. The first kappa shape index (κ1) is 16.2. The van der Waals surface area contributed by atoms with Crippen LogP contribution in [0.5, 0.6) is 11.5 Å². The molecule has 0 spiro atoms. The molecule has 6 nitrogen and oxygen atoms in total. The van der Waals surface area contributed by atoms with E-state index in [1.807, 2.05) is 42.5 Å². The third kappa shape index (κ3) is 3.55. The highest BCUT2D eigenvalue weighted by Gasteiger charge is 2.18. The molecule has 0 bridgehead atoms. The van der Waals surface area contributed by atoms with E-state index in [-0.39, 0.29) is 25.3 Å². The highest BCUT2D eigenvalue weighted by Crippen LogP contribution is 2.34. The van der Waals surface area contributed by atoms with Gasteiger partial charge in [-0.25, -0.2) is 0 Å². The van der Waals surface area contributed by atoms with Gasteiger partial charge in [0.05, 0.1) is 18.8 Å². The Labute approximate surface area is 150 Å². The molecule has 6 heteroatoms. The zero-order valence-corrected chi connectivity index (χ0v) is 14.0. The first-order chi connectivity index (χ1) is 12.8. The van der Waals surface area contributed by atoms with Gasteiger partial charge in [0.1, 0.15) is 5.76 Å². The molecule has 0 saturated heterocycles. The van der Waals surface area contributed by atoms with Gasteiger partial charge >= 0.3 is 0 Å². The number of hydrogen-bond donors (Lipinski definition) is 2. The number of nitrogens with one attached hydrogen (secondary N) is 2. The molecule has 26 heavy (non-hydrogen) atoms. The Morgan fingerprint density at radius 1 is 1.00 bits per heavy atom. The van der Waals surface area contributed by atoms with Crippen LogP contribution in [-0.2, 0) is 4.79 Å². The van der Waals surface area contributed by atoms with Crippen LogP contribution in [0.3, 0.4) is 0 Å². The number of fused-ring (bicyclic) bond motifs is 1. The molecule has 0 aliphatic carbocycles. The summed E-state index contributed by atoms with van der Waals surface area (Å²) in [6.07, 6.45) is 1.62. The largest absolute Gasteiger partial charge is 0.467 e. The highest BCUT2D eigenvalue weighted by molar-refractivity contribution is 5.92. The molecule has 1 aliphatic rings. The van der Waals surface area contributed by atoms with Crippen LogP contribution in [0, 0.1) is 0 Å². The first-order valence-electron chi connectivity index (χ1n) is 8.31. The molecule has 1 aromatic heterocycles. The zero-order chi connectivity index (χ0) is 17.8. The van der Waals surface area contributed by atoms with Gasteiger partial charge in [-0.1, -0.05) is 30.3 Å². The van der Waals surface area contributed by atoms with Crippen LogP contribution in [-0.4, -0.2) is 19.2 Å². The van der Waals surface area contributed by atoms with E-state index in [9.17, 15) is 4.79 Å². The van der Waals surface area contributed by atoms with Crippen molar-refractivity contribution in [1.29, 1.82) is 0 Å². The molecule has 0 fully saturated rings. The van der Waals surface area contributed by atoms with Crippen molar-refractivity contribution in [2.45, 2.75) is 6.04 Å². The maximum Gasteiger partial charge on any atom is 0.238 e. The predicted octanol–water partition coefficient (Wildman–Crippen LogP) is 3.33. The summed E-state index contributed by atoms with van der Waals surface area (Å²) in [4.78, 5) is 12.3. The number of hydrogen-bond acceptors (Lipinski definition) is 5. The monoisotopic (exact) mass is 350 g/mol. The van der Waals surface area contributed by atoms with Gasteiger partial charge in [-0.15, -0.1) is 0 Å². The molecule has 1 aliphatic heterocycles.